The summed E-state index contributed by atoms with van der Waals surface area (Å²) in [7, 11) is 0. The van der Waals surface area contributed by atoms with Crippen LogP contribution in [0.15, 0.2) is 42.4 Å². The Hall–Kier alpha value is -1.61. The first kappa shape index (κ1) is 12.8. The van der Waals surface area contributed by atoms with Crippen molar-refractivity contribution in [3.63, 3.8) is 0 Å². The number of nitrogens with zero attached hydrogens (tertiary/aromatic N) is 1. The Labute approximate surface area is 112 Å². The summed E-state index contributed by atoms with van der Waals surface area (Å²) < 4.78 is 0. The highest BCUT2D eigenvalue weighted by Gasteiger charge is 2.01. The molecule has 0 bridgehead atoms. The lowest BCUT2D eigenvalue weighted by Crippen LogP contribution is -1.97. The second-order valence-electron chi connectivity index (χ2n) is 4.24. The summed E-state index contributed by atoms with van der Waals surface area (Å²) in [5, 5.41) is 6.05. The van der Waals surface area contributed by atoms with Crippen molar-refractivity contribution in [1.82, 2.24) is 4.98 Å². The fourth-order valence-electron chi connectivity index (χ4n) is 1.74. The van der Waals surface area contributed by atoms with Gasteiger partial charge in [0, 0.05) is 17.3 Å². The number of hydrogen-bond acceptors (Lipinski definition) is 3. The van der Waals surface area contributed by atoms with Crippen LogP contribution in [0.3, 0.4) is 0 Å². The normalized spacial score (nSPS) is 10.3. The van der Waals surface area contributed by atoms with Gasteiger partial charge in [0.2, 0.25) is 0 Å². The summed E-state index contributed by atoms with van der Waals surface area (Å²) in [6, 6.07) is 8.60. The molecule has 0 radical (unpaired) electrons. The van der Waals surface area contributed by atoms with Crippen LogP contribution in [0.5, 0.6) is 0 Å². The van der Waals surface area contributed by atoms with Gasteiger partial charge in [-0.1, -0.05) is 44.2 Å². The molecule has 0 aliphatic rings. The maximum atomic E-state index is 4.19. The molecule has 18 heavy (non-hydrogen) atoms. The van der Waals surface area contributed by atoms with Crippen molar-refractivity contribution in [2.45, 2.75) is 26.2 Å². The molecule has 0 atom stereocenters. The number of benzene rings is 1. The van der Waals surface area contributed by atoms with Crippen molar-refractivity contribution in [1.29, 1.82) is 0 Å². The minimum absolute atomic E-state index is 0.884. The first-order valence-electron chi connectivity index (χ1n) is 6.24. The molecular weight excluding hydrogens is 240 g/mol. The van der Waals surface area contributed by atoms with Gasteiger partial charge in [0.15, 0.2) is 5.13 Å². The number of anilines is 1. The number of nitrogens with one attached hydrogen (secondary N) is 1. The highest BCUT2D eigenvalue weighted by Crippen LogP contribution is 2.19. The van der Waals surface area contributed by atoms with E-state index in [0.717, 1.165) is 22.8 Å². The number of rotatable bonds is 6. The molecule has 94 valence electrons. The largest absolute Gasteiger partial charge is 0.332 e. The molecule has 1 aromatic carbocycles. The van der Waals surface area contributed by atoms with Crippen molar-refractivity contribution >= 4 is 22.2 Å². The molecule has 0 saturated carbocycles. The van der Waals surface area contributed by atoms with Crippen LogP contribution in [0.1, 0.15) is 30.9 Å². The van der Waals surface area contributed by atoms with Gasteiger partial charge in [0.05, 0.1) is 0 Å². The Morgan fingerprint density at radius 1 is 1.33 bits per heavy atom. The van der Waals surface area contributed by atoms with E-state index in [1.165, 1.54) is 18.4 Å². The topological polar surface area (TPSA) is 24.9 Å². The smallest absolute Gasteiger partial charge is 0.187 e. The van der Waals surface area contributed by atoms with Gasteiger partial charge in [-0.2, -0.15) is 0 Å². The maximum Gasteiger partial charge on any atom is 0.187 e. The minimum atomic E-state index is 0.884. The SMILES string of the molecule is C=C(Nc1nccs1)c1ccc(CCCC)cc1. The number of aromatic nitrogens is 1. The van der Waals surface area contributed by atoms with Crippen molar-refractivity contribution in [2.75, 3.05) is 5.32 Å². The lowest BCUT2D eigenvalue weighted by molar-refractivity contribution is 0.795. The van der Waals surface area contributed by atoms with Gasteiger partial charge < -0.3 is 5.32 Å². The Balaban J connectivity index is 1.98. The molecule has 0 aliphatic heterocycles. The van der Waals surface area contributed by atoms with Crippen LogP contribution in [0, 0.1) is 0 Å². The van der Waals surface area contributed by atoms with Gasteiger partial charge in [-0.05, 0) is 24.0 Å². The summed E-state index contributed by atoms with van der Waals surface area (Å²) in [4.78, 5) is 4.19. The van der Waals surface area contributed by atoms with E-state index in [1.807, 2.05) is 5.38 Å². The average Bonchev–Trinajstić information content (AvgIpc) is 2.89. The standard InChI is InChI=1S/C15H18N2S/c1-3-4-5-13-6-8-14(9-7-13)12(2)17-15-16-10-11-18-15/h6-11H,2-5H2,1H3,(H,16,17). The van der Waals surface area contributed by atoms with Gasteiger partial charge in [-0.3, -0.25) is 0 Å². The average molecular weight is 258 g/mol. The van der Waals surface area contributed by atoms with E-state index in [1.54, 1.807) is 17.5 Å². The molecule has 1 aromatic heterocycles. The number of aryl methyl sites for hydroxylation is 1. The van der Waals surface area contributed by atoms with Crippen LogP contribution >= 0.6 is 11.3 Å². The Kier molecular flexibility index (Phi) is 4.53. The molecule has 3 heteroatoms. The maximum absolute atomic E-state index is 4.19. The molecule has 0 saturated heterocycles. The molecule has 1 N–H and O–H groups in total. The molecule has 2 aromatic rings. The highest BCUT2D eigenvalue weighted by molar-refractivity contribution is 7.13. The fraction of sp³-hybridized carbons (Fsp3) is 0.267. The molecule has 2 rings (SSSR count). The van der Waals surface area contributed by atoms with Gasteiger partial charge >= 0.3 is 0 Å². The van der Waals surface area contributed by atoms with Gasteiger partial charge in [-0.15, -0.1) is 11.3 Å². The molecule has 1 heterocycles. The highest BCUT2D eigenvalue weighted by atomic mass is 32.1. The molecule has 0 fully saturated rings. The van der Waals surface area contributed by atoms with Crippen molar-refractivity contribution < 1.29 is 0 Å². The van der Waals surface area contributed by atoms with Crippen LogP contribution in [0.25, 0.3) is 5.70 Å². The summed E-state index contributed by atoms with van der Waals surface area (Å²) in [5.41, 5.74) is 3.40. The third-order valence-corrected chi connectivity index (χ3v) is 3.50. The first-order valence-corrected chi connectivity index (χ1v) is 7.12. The van der Waals surface area contributed by atoms with Crippen molar-refractivity contribution in [3.8, 4) is 0 Å². The second kappa shape index (κ2) is 6.36. The summed E-state index contributed by atoms with van der Waals surface area (Å²) >= 11 is 1.58. The van der Waals surface area contributed by atoms with E-state index in [-0.39, 0.29) is 0 Å². The van der Waals surface area contributed by atoms with Crippen LogP contribution in [0.2, 0.25) is 0 Å². The number of hydrogen-bond donors (Lipinski definition) is 1. The van der Waals surface area contributed by atoms with Crippen molar-refractivity contribution in [3.05, 3.63) is 53.5 Å². The molecule has 0 spiro atoms. The molecule has 2 nitrogen and oxygen atoms in total. The Morgan fingerprint density at radius 2 is 2.11 bits per heavy atom. The zero-order valence-corrected chi connectivity index (χ0v) is 11.5. The van der Waals surface area contributed by atoms with E-state index < -0.39 is 0 Å². The summed E-state index contributed by atoms with van der Waals surface area (Å²) in [6.07, 6.45) is 5.43. The third kappa shape index (κ3) is 3.44. The third-order valence-electron chi connectivity index (χ3n) is 2.81. The fourth-order valence-corrected chi connectivity index (χ4v) is 2.29. The summed E-state index contributed by atoms with van der Waals surface area (Å²) in [6.45, 7) is 6.26. The lowest BCUT2D eigenvalue weighted by Gasteiger charge is -2.08. The van der Waals surface area contributed by atoms with E-state index in [2.05, 4.69) is 48.1 Å². The second-order valence-corrected chi connectivity index (χ2v) is 5.14. The lowest BCUT2D eigenvalue weighted by atomic mass is 10.1. The van der Waals surface area contributed by atoms with Crippen LogP contribution < -0.4 is 5.32 Å². The number of thiazole rings is 1. The Bertz CT molecular complexity index is 486. The van der Waals surface area contributed by atoms with E-state index >= 15 is 0 Å². The molecule has 0 aliphatic carbocycles. The monoisotopic (exact) mass is 258 g/mol. The van der Waals surface area contributed by atoms with Gasteiger partial charge in [0.1, 0.15) is 0 Å². The number of unbranched alkanes of at least 4 members (excludes halogenated alkanes) is 1. The predicted octanol–water partition coefficient (Wildman–Crippen LogP) is 4.57. The molecule has 0 unspecified atom stereocenters. The Morgan fingerprint density at radius 3 is 2.72 bits per heavy atom. The zero-order valence-electron chi connectivity index (χ0n) is 10.6. The van der Waals surface area contributed by atoms with E-state index in [9.17, 15) is 0 Å². The van der Waals surface area contributed by atoms with E-state index in [0.29, 0.717) is 0 Å². The molecular formula is C15H18N2S. The van der Waals surface area contributed by atoms with Gasteiger partial charge in [-0.25, -0.2) is 4.98 Å². The van der Waals surface area contributed by atoms with Gasteiger partial charge in [0.25, 0.3) is 0 Å². The molecule has 0 amide bonds. The van der Waals surface area contributed by atoms with Crippen LogP contribution in [-0.4, -0.2) is 4.98 Å². The van der Waals surface area contributed by atoms with Crippen LogP contribution in [0.4, 0.5) is 5.13 Å². The summed E-state index contributed by atoms with van der Waals surface area (Å²) in [5.74, 6) is 0. The quantitative estimate of drug-likeness (QED) is 0.821. The zero-order chi connectivity index (χ0) is 12.8. The first-order chi connectivity index (χ1) is 8.79. The minimum Gasteiger partial charge on any atom is -0.332 e. The van der Waals surface area contributed by atoms with E-state index in [4.69, 9.17) is 0 Å². The predicted molar refractivity (Wildman–Crippen MR) is 79.8 cm³/mol. The van der Waals surface area contributed by atoms with Crippen LogP contribution in [-0.2, 0) is 6.42 Å². The van der Waals surface area contributed by atoms with Crippen molar-refractivity contribution in [2.24, 2.45) is 0 Å².